The van der Waals surface area contributed by atoms with Crippen molar-refractivity contribution in [3.8, 4) is 0 Å². The van der Waals surface area contributed by atoms with Gasteiger partial charge in [0.1, 0.15) is 5.01 Å². The van der Waals surface area contributed by atoms with Gasteiger partial charge in [-0.25, -0.2) is 4.98 Å². The Balaban J connectivity index is 2.44. The first-order valence-electron chi connectivity index (χ1n) is 4.94. The van der Waals surface area contributed by atoms with Crippen LogP contribution < -0.4 is 5.32 Å². The number of alkyl halides is 1. The lowest BCUT2D eigenvalue weighted by Crippen LogP contribution is -2.33. The number of carbonyl (C=O) groups is 1. The molecule has 1 atom stereocenters. The SMILES string of the molecule is CCC(C)NC(=O)Cc1nc(CCl)cs1. The Labute approximate surface area is 98.9 Å². The summed E-state index contributed by atoms with van der Waals surface area (Å²) in [5, 5.41) is 5.61. The van der Waals surface area contributed by atoms with Gasteiger partial charge in [0.15, 0.2) is 0 Å². The van der Waals surface area contributed by atoms with Gasteiger partial charge in [0.25, 0.3) is 0 Å². The molecule has 1 heterocycles. The van der Waals surface area contributed by atoms with E-state index in [1.165, 1.54) is 11.3 Å². The molecule has 1 rings (SSSR count). The van der Waals surface area contributed by atoms with Gasteiger partial charge in [0.05, 0.1) is 18.0 Å². The third kappa shape index (κ3) is 4.18. The lowest BCUT2D eigenvalue weighted by atomic mass is 10.2. The van der Waals surface area contributed by atoms with Crippen molar-refractivity contribution in [2.75, 3.05) is 0 Å². The molecule has 0 fully saturated rings. The smallest absolute Gasteiger partial charge is 0.227 e. The highest BCUT2D eigenvalue weighted by atomic mass is 35.5. The van der Waals surface area contributed by atoms with E-state index in [0.29, 0.717) is 12.3 Å². The molecule has 0 saturated heterocycles. The number of nitrogens with one attached hydrogen (secondary N) is 1. The molecule has 0 aromatic carbocycles. The number of hydrogen-bond donors (Lipinski definition) is 1. The second-order valence-electron chi connectivity index (χ2n) is 3.42. The minimum absolute atomic E-state index is 0.0276. The van der Waals surface area contributed by atoms with Gasteiger partial charge in [0.2, 0.25) is 5.91 Å². The van der Waals surface area contributed by atoms with Crippen molar-refractivity contribution in [1.82, 2.24) is 10.3 Å². The molecule has 0 aliphatic rings. The number of rotatable bonds is 5. The molecular weight excluding hydrogens is 232 g/mol. The summed E-state index contributed by atoms with van der Waals surface area (Å²) in [7, 11) is 0. The molecule has 0 spiro atoms. The maximum absolute atomic E-state index is 11.5. The monoisotopic (exact) mass is 246 g/mol. The number of halogens is 1. The van der Waals surface area contributed by atoms with E-state index in [9.17, 15) is 4.79 Å². The summed E-state index contributed by atoms with van der Waals surface area (Å²) in [6.07, 6.45) is 1.29. The second kappa shape index (κ2) is 6.08. The third-order valence-corrected chi connectivity index (χ3v) is 3.24. The Bertz CT molecular complexity index is 327. The summed E-state index contributed by atoms with van der Waals surface area (Å²) < 4.78 is 0. The second-order valence-corrected chi connectivity index (χ2v) is 4.63. The molecule has 0 aliphatic heterocycles. The topological polar surface area (TPSA) is 42.0 Å². The predicted octanol–water partition coefficient (Wildman–Crippen LogP) is 2.34. The summed E-state index contributed by atoms with van der Waals surface area (Å²) in [4.78, 5) is 15.7. The van der Waals surface area contributed by atoms with E-state index in [1.54, 1.807) is 0 Å². The molecule has 1 aromatic rings. The van der Waals surface area contributed by atoms with Crippen LogP contribution in [0.3, 0.4) is 0 Å². The number of amides is 1. The molecule has 1 amide bonds. The van der Waals surface area contributed by atoms with Crippen molar-refractivity contribution in [3.63, 3.8) is 0 Å². The van der Waals surface area contributed by atoms with Crippen molar-refractivity contribution in [2.24, 2.45) is 0 Å². The van der Waals surface area contributed by atoms with Gasteiger partial charge in [-0.05, 0) is 13.3 Å². The Morgan fingerprint density at radius 1 is 1.73 bits per heavy atom. The normalized spacial score (nSPS) is 12.5. The lowest BCUT2D eigenvalue weighted by molar-refractivity contribution is -0.121. The van der Waals surface area contributed by atoms with Gasteiger partial charge in [-0.2, -0.15) is 0 Å². The number of aromatic nitrogens is 1. The number of carbonyl (C=O) groups excluding carboxylic acids is 1. The maximum atomic E-state index is 11.5. The largest absolute Gasteiger partial charge is 0.353 e. The van der Waals surface area contributed by atoms with Crippen LogP contribution in [0.5, 0.6) is 0 Å². The first-order chi connectivity index (χ1) is 7.15. The van der Waals surface area contributed by atoms with Crippen LogP contribution in [0, 0.1) is 0 Å². The van der Waals surface area contributed by atoms with E-state index in [0.717, 1.165) is 17.1 Å². The van der Waals surface area contributed by atoms with Crippen LogP contribution in [-0.2, 0) is 17.1 Å². The van der Waals surface area contributed by atoms with Crippen LogP contribution in [0.2, 0.25) is 0 Å². The van der Waals surface area contributed by atoms with Crippen molar-refractivity contribution < 1.29 is 4.79 Å². The van der Waals surface area contributed by atoms with E-state index < -0.39 is 0 Å². The summed E-state index contributed by atoms with van der Waals surface area (Å²) in [5.41, 5.74) is 0.841. The minimum atomic E-state index is 0.0276. The molecule has 0 radical (unpaired) electrons. The summed E-state index contributed by atoms with van der Waals surface area (Å²) in [6, 6.07) is 0.227. The highest BCUT2D eigenvalue weighted by Gasteiger charge is 2.09. The fourth-order valence-corrected chi connectivity index (χ4v) is 2.08. The molecule has 0 saturated carbocycles. The summed E-state index contributed by atoms with van der Waals surface area (Å²) in [6.45, 7) is 4.03. The van der Waals surface area contributed by atoms with Gasteiger partial charge in [-0.15, -0.1) is 22.9 Å². The highest BCUT2D eigenvalue weighted by molar-refractivity contribution is 7.09. The van der Waals surface area contributed by atoms with Crippen LogP contribution >= 0.6 is 22.9 Å². The molecule has 3 nitrogen and oxygen atoms in total. The minimum Gasteiger partial charge on any atom is -0.353 e. The molecule has 0 bridgehead atoms. The predicted molar refractivity (Wildman–Crippen MR) is 63.3 cm³/mol. The first-order valence-corrected chi connectivity index (χ1v) is 6.35. The van der Waals surface area contributed by atoms with Crippen molar-refractivity contribution >= 4 is 28.8 Å². The molecule has 5 heteroatoms. The van der Waals surface area contributed by atoms with Gasteiger partial charge < -0.3 is 5.32 Å². The zero-order valence-corrected chi connectivity index (χ0v) is 10.5. The van der Waals surface area contributed by atoms with Crippen molar-refractivity contribution in [3.05, 3.63) is 16.1 Å². The zero-order chi connectivity index (χ0) is 11.3. The summed E-state index contributed by atoms with van der Waals surface area (Å²) in [5.74, 6) is 0.434. The quantitative estimate of drug-likeness (QED) is 0.811. The molecule has 1 N–H and O–H groups in total. The maximum Gasteiger partial charge on any atom is 0.227 e. The fourth-order valence-electron chi connectivity index (χ4n) is 1.06. The summed E-state index contributed by atoms with van der Waals surface area (Å²) >= 11 is 7.11. The molecular formula is C10H15ClN2OS. The third-order valence-electron chi connectivity index (χ3n) is 2.07. The van der Waals surface area contributed by atoms with Crippen LogP contribution in [-0.4, -0.2) is 16.9 Å². The van der Waals surface area contributed by atoms with Crippen LogP contribution in [0.4, 0.5) is 0 Å². The molecule has 1 aromatic heterocycles. The molecule has 1 unspecified atom stereocenters. The average Bonchev–Trinajstić information content (AvgIpc) is 2.65. The molecule has 84 valence electrons. The van der Waals surface area contributed by atoms with Crippen LogP contribution in [0.1, 0.15) is 31.0 Å². The van der Waals surface area contributed by atoms with Gasteiger partial charge in [-0.1, -0.05) is 6.92 Å². The van der Waals surface area contributed by atoms with E-state index in [-0.39, 0.29) is 11.9 Å². The van der Waals surface area contributed by atoms with E-state index in [4.69, 9.17) is 11.6 Å². The average molecular weight is 247 g/mol. The number of nitrogens with zero attached hydrogens (tertiary/aromatic N) is 1. The standard InChI is InChI=1S/C10H15ClN2OS/c1-3-7(2)12-9(14)4-10-13-8(5-11)6-15-10/h6-7H,3-5H2,1-2H3,(H,12,14). The molecule has 0 aliphatic carbocycles. The Hall–Kier alpha value is -0.610. The van der Waals surface area contributed by atoms with Crippen LogP contribution in [0.25, 0.3) is 0 Å². The van der Waals surface area contributed by atoms with Crippen molar-refractivity contribution in [2.45, 2.75) is 38.6 Å². The zero-order valence-electron chi connectivity index (χ0n) is 8.92. The highest BCUT2D eigenvalue weighted by Crippen LogP contribution is 2.12. The van der Waals surface area contributed by atoms with Crippen LogP contribution in [0.15, 0.2) is 5.38 Å². The lowest BCUT2D eigenvalue weighted by Gasteiger charge is -2.09. The number of thiazole rings is 1. The van der Waals surface area contributed by atoms with Gasteiger partial charge >= 0.3 is 0 Å². The van der Waals surface area contributed by atoms with E-state index in [2.05, 4.69) is 10.3 Å². The Kier molecular flexibility index (Phi) is 5.05. The molecule has 15 heavy (non-hydrogen) atoms. The van der Waals surface area contributed by atoms with Gasteiger partial charge in [0, 0.05) is 11.4 Å². The van der Waals surface area contributed by atoms with E-state index >= 15 is 0 Å². The first kappa shape index (κ1) is 12.5. The Morgan fingerprint density at radius 2 is 2.47 bits per heavy atom. The number of hydrogen-bond acceptors (Lipinski definition) is 3. The Morgan fingerprint density at radius 3 is 3.00 bits per heavy atom. The van der Waals surface area contributed by atoms with Gasteiger partial charge in [-0.3, -0.25) is 4.79 Å². The fraction of sp³-hybridized carbons (Fsp3) is 0.600. The van der Waals surface area contributed by atoms with E-state index in [1.807, 2.05) is 19.2 Å². The van der Waals surface area contributed by atoms with Crippen molar-refractivity contribution in [1.29, 1.82) is 0 Å².